The van der Waals surface area contributed by atoms with E-state index in [1.807, 2.05) is 26.0 Å². The summed E-state index contributed by atoms with van der Waals surface area (Å²) in [6.45, 7) is 10.9. The highest BCUT2D eigenvalue weighted by atomic mass is 16.2. The zero-order chi connectivity index (χ0) is 16.7. The van der Waals surface area contributed by atoms with Crippen molar-refractivity contribution in [3.63, 3.8) is 0 Å². The molecule has 0 amide bonds. The van der Waals surface area contributed by atoms with Crippen LogP contribution in [-0.2, 0) is 0 Å². The van der Waals surface area contributed by atoms with E-state index in [1.54, 1.807) is 20.0 Å². The van der Waals surface area contributed by atoms with Crippen LogP contribution < -0.4 is 16.6 Å². The predicted octanol–water partition coefficient (Wildman–Crippen LogP) is 2.47. The van der Waals surface area contributed by atoms with Crippen LogP contribution in [0, 0.1) is 0 Å². The maximum absolute atomic E-state index is 12.0. The van der Waals surface area contributed by atoms with Gasteiger partial charge < -0.3 is 5.32 Å². The first-order valence-corrected chi connectivity index (χ1v) is 7.29. The largest absolute Gasteiger partial charge is 0.369 e. The van der Waals surface area contributed by atoms with Gasteiger partial charge in [-0.3, -0.25) is 19.3 Å². The minimum absolute atomic E-state index is 0.0469. The quantitative estimate of drug-likeness (QED) is 0.600. The van der Waals surface area contributed by atoms with Crippen molar-refractivity contribution >= 4 is 12.5 Å². The van der Waals surface area contributed by atoms with Gasteiger partial charge in [-0.2, -0.15) is 0 Å². The van der Waals surface area contributed by atoms with Crippen LogP contribution in [0.15, 0.2) is 44.6 Å². The molecule has 0 spiro atoms. The highest BCUT2D eigenvalue weighted by molar-refractivity contribution is 5.34. The highest BCUT2D eigenvalue weighted by Crippen LogP contribution is 2.11. The lowest BCUT2D eigenvalue weighted by Gasteiger charge is -2.16. The summed E-state index contributed by atoms with van der Waals surface area (Å²) in [5, 5.41) is 3.14. The van der Waals surface area contributed by atoms with Gasteiger partial charge >= 0.3 is 5.69 Å². The van der Waals surface area contributed by atoms with Crippen molar-refractivity contribution in [2.24, 2.45) is 4.99 Å². The molecule has 0 saturated heterocycles. The number of aliphatic imine (C=N–C) groups is 1. The molecule has 1 atom stereocenters. The highest BCUT2D eigenvalue weighted by Gasteiger charge is 2.09. The third-order valence-corrected chi connectivity index (χ3v) is 3.19. The van der Waals surface area contributed by atoms with E-state index in [4.69, 9.17) is 0 Å². The Morgan fingerprint density at radius 1 is 1.45 bits per heavy atom. The van der Waals surface area contributed by atoms with Crippen LogP contribution >= 0.6 is 0 Å². The Hall–Kier alpha value is -2.37. The molecular formula is C16H24N4O2. The van der Waals surface area contributed by atoms with Crippen molar-refractivity contribution in [3.05, 3.63) is 50.8 Å². The van der Waals surface area contributed by atoms with Gasteiger partial charge in [0.25, 0.3) is 5.56 Å². The Balaban J connectivity index is 2.87. The minimum atomic E-state index is -0.404. The van der Waals surface area contributed by atoms with Crippen LogP contribution in [0.4, 0.5) is 5.82 Å². The van der Waals surface area contributed by atoms with E-state index in [0.29, 0.717) is 5.82 Å². The van der Waals surface area contributed by atoms with Gasteiger partial charge in [0.2, 0.25) is 0 Å². The maximum Gasteiger partial charge on any atom is 0.330 e. The number of anilines is 1. The number of aromatic nitrogens is 2. The fourth-order valence-electron chi connectivity index (χ4n) is 2.17. The molecule has 2 N–H and O–H groups in total. The van der Waals surface area contributed by atoms with Crippen LogP contribution in [0.25, 0.3) is 0 Å². The van der Waals surface area contributed by atoms with Crippen LogP contribution in [0.2, 0.25) is 0 Å². The van der Waals surface area contributed by atoms with Crippen molar-refractivity contribution in [1.29, 1.82) is 0 Å². The van der Waals surface area contributed by atoms with Crippen molar-refractivity contribution in [3.8, 4) is 0 Å². The summed E-state index contributed by atoms with van der Waals surface area (Å²) in [5.74, 6) is 0.431. The molecule has 0 aliphatic heterocycles. The van der Waals surface area contributed by atoms with Crippen LogP contribution in [0.3, 0.4) is 0 Å². The Labute approximate surface area is 130 Å². The van der Waals surface area contributed by atoms with E-state index < -0.39 is 5.69 Å². The lowest BCUT2D eigenvalue weighted by Crippen LogP contribution is -2.37. The summed E-state index contributed by atoms with van der Waals surface area (Å²) in [6, 6.07) is 1.29. The summed E-state index contributed by atoms with van der Waals surface area (Å²) >= 11 is 0. The first-order chi connectivity index (χ1) is 10.4. The van der Waals surface area contributed by atoms with E-state index in [1.165, 1.54) is 10.6 Å². The molecule has 1 heterocycles. The summed E-state index contributed by atoms with van der Waals surface area (Å²) in [6.07, 6.45) is 6.23. The van der Waals surface area contributed by atoms with Crippen molar-refractivity contribution in [2.75, 3.05) is 5.32 Å². The molecule has 0 aliphatic rings. The van der Waals surface area contributed by atoms with Gasteiger partial charge in [0.1, 0.15) is 5.82 Å². The monoisotopic (exact) mass is 304 g/mol. The normalized spacial score (nSPS) is 13.6. The molecule has 1 rings (SSSR count). The van der Waals surface area contributed by atoms with Gasteiger partial charge in [-0.05, 0) is 52.5 Å². The molecule has 0 radical (unpaired) electrons. The first-order valence-electron chi connectivity index (χ1n) is 7.29. The molecule has 120 valence electrons. The van der Waals surface area contributed by atoms with Gasteiger partial charge in [-0.25, -0.2) is 4.79 Å². The summed E-state index contributed by atoms with van der Waals surface area (Å²) in [7, 11) is 0. The smallest absolute Gasteiger partial charge is 0.330 e. The van der Waals surface area contributed by atoms with Gasteiger partial charge in [-0.1, -0.05) is 6.08 Å². The third-order valence-electron chi connectivity index (χ3n) is 3.19. The van der Waals surface area contributed by atoms with Gasteiger partial charge in [0.05, 0.1) is 0 Å². The van der Waals surface area contributed by atoms with Gasteiger partial charge in [0.15, 0.2) is 0 Å². The second-order valence-corrected chi connectivity index (χ2v) is 5.40. The van der Waals surface area contributed by atoms with E-state index >= 15 is 0 Å². The van der Waals surface area contributed by atoms with E-state index in [9.17, 15) is 9.59 Å². The number of nitrogens with one attached hydrogen (secondary N) is 2. The second-order valence-electron chi connectivity index (χ2n) is 5.40. The van der Waals surface area contributed by atoms with Crippen LogP contribution in [0.1, 0.15) is 40.2 Å². The van der Waals surface area contributed by atoms with Crippen LogP contribution in [-0.4, -0.2) is 22.3 Å². The molecule has 22 heavy (non-hydrogen) atoms. The molecule has 0 unspecified atom stereocenters. The zero-order valence-corrected chi connectivity index (χ0v) is 13.6. The third kappa shape index (κ3) is 4.87. The SMILES string of the molecule is C=N/C=C\C(=C/C)C[C@H](C)Nc1cc(=O)n(C(C)C)c(=O)[nH]1. The van der Waals surface area contributed by atoms with E-state index in [2.05, 4.69) is 22.0 Å². The Morgan fingerprint density at radius 2 is 2.14 bits per heavy atom. The van der Waals surface area contributed by atoms with Gasteiger partial charge in [0, 0.05) is 24.4 Å². The number of allylic oxidation sites excluding steroid dienone is 2. The average Bonchev–Trinajstić information content (AvgIpc) is 2.41. The maximum atomic E-state index is 12.0. The summed E-state index contributed by atoms with van der Waals surface area (Å²) in [5.41, 5.74) is 0.375. The topological polar surface area (TPSA) is 79.2 Å². The number of rotatable bonds is 7. The number of nitrogens with zero attached hydrogens (tertiary/aromatic N) is 2. The molecule has 0 bridgehead atoms. The molecule has 0 aromatic carbocycles. The fourth-order valence-corrected chi connectivity index (χ4v) is 2.17. The molecule has 0 aliphatic carbocycles. The molecule has 6 heteroatoms. The average molecular weight is 304 g/mol. The predicted molar refractivity (Wildman–Crippen MR) is 91.9 cm³/mol. The molecular weight excluding hydrogens is 280 g/mol. The Bertz CT molecular complexity index is 649. The number of hydrogen-bond acceptors (Lipinski definition) is 4. The van der Waals surface area contributed by atoms with Crippen LogP contribution in [0.5, 0.6) is 0 Å². The van der Waals surface area contributed by atoms with E-state index in [0.717, 1.165) is 12.0 Å². The second kappa shape index (κ2) is 8.17. The molecule has 0 fully saturated rings. The molecule has 0 saturated carbocycles. The summed E-state index contributed by atoms with van der Waals surface area (Å²) in [4.78, 5) is 30.3. The minimum Gasteiger partial charge on any atom is -0.369 e. The Kier molecular flexibility index (Phi) is 6.56. The van der Waals surface area contributed by atoms with Crippen molar-refractivity contribution in [2.45, 2.75) is 46.2 Å². The molecule has 6 nitrogen and oxygen atoms in total. The van der Waals surface area contributed by atoms with Gasteiger partial charge in [-0.15, -0.1) is 0 Å². The Morgan fingerprint density at radius 3 is 2.64 bits per heavy atom. The molecule has 1 aromatic heterocycles. The van der Waals surface area contributed by atoms with E-state index in [-0.39, 0.29) is 17.6 Å². The fraction of sp³-hybridized carbons (Fsp3) is 0.438. The number of aromatic amines is 1. The first kappa shape index (κ1) is 17.7. The molecule has 1 aromatic rings. The summed E-state index contributed by atoms with van der Waals surface area (Å²) < 4.78 is 1.19. The lowest BCUT2D eigenvalue weighted by molar-refractivity contribution is 0.546. The van der Waals surface area contributed by atoms with Crippen molar-refractivity contribution < 1.29 is 0 Å². The number of hydrogen-bond donors (Lipinski definition) is 2. The standard InChI is InChI=1S/C16H24N4O2/c1-6-13(7-8-17-5)9-12(4)18-14-10-15(21)20(11(2)3)16(22)19-14/h6-8,10-12,18H,5,9H2,1-4H3,(H,19,22)/b8-7-,13-6+/t12-/m0/s1. The number of H-pyrrole nitrogens is 1. The zero-order valence-electron chi connectivity index (χ0n) is 13.6. The van der Waals surface area contributed by atoms with Crippen molar-refractivity contribution in [1.82, 2.24) is 9.55 Å². The lowest BCUT2D eigenvalue weighted by atomic mass is 10.1.